The van der Waals surface area contributed by atoms with Crippen molar-refractivity contribution in [1.29, 1.82) is 0 Å². The molecule has 1 heterocycles. The second-order valence-electron chi connectivity index (χ2n) is 5.38. The first-order valence-corrected chi connectivity index (χ1v) is 7.89. The molecule has 1 saturated carbocycles. The zero-order valence-electron chi connectivity index (χ0n) is 12.2. The lowest BCUT2D eigenvalue weighted by Gasteiger charge is -2.11. The first-order valence-electron chi connectivity index (χ1n) is 7.51. The van der Waals surface area contributed by atoms with E-state index in [0.717, 1.165) is 17.2 Å². The predicted molar refractivity (Wildman–Crippen MR) is 88.9 cm³/mol. The third-order valence-corrected chi connectivity index (χ3v) is 3.83. The van der Waals surface area contributed by atoms with Gasteiger partial charge in [0.1, 0.15) is 5.82 Å². The van der Waals surface area contributed by atoms with Gasteiger partial charge in [-0.25, -0.2) is 4.98 Å². The van der Waals surface area contributed by atoms with Gasteiger partial charge in [-0.15, -0.1) is 0 Å². The van der Waals surface area contributed by atoms with Gasteiger partial charge in [0.15, 0.2) is 0 Å². The molecule has 0 saturated heterocycles. The summed E-state index contributed by atoms with van der Waals surface area (Å²) in [7, 11) is 0. The van der Waals surface area contributed by atoms with Gasteiger partial charge in [-0.05, 0) is 31.4 Å². The zero-order chi connectivity index (χ0) is 15.4. The lowest BCUT2D eigenvalue weighted by Crippen LogP contribution is -2.09. The predicted octanol–water partition coefficient (Wildman–Crippen LogP) is 3.55. The maximum atomic E-state index is 8.87. The van der Waals surface area contributed by atoms with E-state index in [-0.39, 0.29) is 6.61 Å². The Morgan fingerprint density at radius 2 is 2.05 bits per heavy atom. The van der Waals surface area contributed by atoms with Crippen LogP contribution in [0.2, 0.25) is 5.02 Å². The molecular weight excluding hydrogens is 300 g/mol. The van der Waals surface area contributed by atoms with E-state index >= 15 is 0 Å². The highest BCUT2D eigenvalue weighted by Gasteiger charge is 2.26. The van der Waals surface area contributed by atoms with Crippen LogP contribution in [0.25, 0.3) is 0 Å². The molecule has 3 N–H and O–H groups in total. The van der Waals surface area contributed by atoms with Crippen LogP contribution in [0.3, 0.4) is 0 Å². The topological polar surface area (TPSA) is 70.1 Å². The SMILES string of the molecule is OCCCNc1nc(Nc2ccccc2Cl)cc(C2CC2)n1. The molecule has 0 radical (unpaired) electrons. The van der Waals surface area contributed by atoms with Gasteiger partial charge in [0.2, 0.25) is 5.95 Å². The van der Waals surface area contributed by atoms with Crippen molar-refractivity contribution in [1.82, 2.24) is 9.97 Å². The number of nitrogens with zero attached hydrogens (tertiary/aromatic N) is 2. The van der Waals surface area contributed by atoms with Crippen molar-refractivity contribution in [3.05, 3.63) is 41.0 Å². The highest BCUT2D eigenvalue weighted by Crippen LogP contribution is 2.40. The van der Waals surface area contributed by atoms with E-state index in [2.05, 4.69) is 20.6 Å². The fourth-order valence-corrected chi connectivity index (χ4v) is 2.36. The molecule has 2 aromatic rings. The molecule has 1 aliphatic carbocycles. The minimum absolute atomic E-state index is 0.153. The summed E-state index contributed by atoms with van der Waals surface area (Å²) < 4.78 is 0. The van der Waals surface area contributed by atoms with Gasteiger partial charge < -0.3 is 15.7 Å². The number of aliphatic hydroxyl groups excluding tert-OH is 1. The van der Waals surface area contributed by atoms with Crippen molar-refractivity contribution in [3.8, 4) is 0 Å². The summed E-state index contributed by atoms with van der Waals surface area (Å²) in [6, 6.07) is 9.56. The molecule has 0 amide bonds. The number of hydrogen-bond acceptors (Lipinski definition) is 5. The number of nitrogens with one attached hydrogen (secondary N) is 2. The van der Waals surface area contributed by atoms with Gasteiger partial charge in [-0.1, -0.05) is 23.7 Å². The maximum absolute atomic E-state index is 8.87. The van der Waals surface area contributed by atoms with Gasteiger partial charge in [0, 0.05) is 25.1 Å². The Morgan fingerprint density at radius 1 is 1.23 bits per heavy atom. The first-order chi connectivity index (χ1) is 10.8. The summed E-state index contributed by atoms with van der Waals surface area (Å²) >= 11 is 6.18. The van der Waals surface area contributed by atoms with E-state index in [1.54, 1.807) is 0 Å². The van der Waals surface area contributed by atoms with Crippen LogP contribution < -0.4 is 10.6 Å². The van der Waals surface area contributed by atoms with E-state index in [1.807, 2.05) is 30.3 Å². The maximum Gasteiger partial charge on any atom is 0.224 e. The number of anilines is 3. The summed E-state index contributed by atoms with van der Waals surface area (Å²) in [6.45, 7) is 0.802. The standard InChI is InChI=1S/C16H19ClN4O/c17-12-4-1-2-5-13(12)19-15-10-14(11-6-7-11)20-16(21-15)18-8-3-9-22/h1-2,4-5,10-11,22H,3,6-9H2,(H2,18,19,20,21). The van der Waals surface area contributed by atoms with E-state index in [0.29, 0.717) is 29.9 Å². The molecule has 1 fully saturated rings. The average Bonchev–Trinajstić information content (AvgIpc) is 3.35. The van der Waals surface area contributed by atoms with Gasteiger partial charge in [0.05, 0.1) is 16.4 Å². The van der Waals surface area contributed by atoms with E-state index in [9.17, 15) is 0 Å². The number of halogens is 1. The highest BCUT2D eigenvalue weighted by molar-refractivity contribution is 6.33. The third-order valence-electron chi connectivity index (χ3n) is 3.50. The van der Waals surface area contributed by atoms with E-state index in [1.165, 1.54) is 12.8 Å². The van der Waals surface area contributed by atoms with Crippen molar-refractivity contribution >= 4 is 29.1 Å². The molecule has 0 unspecified atom stereocenters. The Balaban J connectivity index is 1.81. The van der Waals surface area contributed by atoms with Gasteiger partial charge in [-0.2, -0.15) is 4.98 Å². The van der Waals surface area contributed by atoms with Crippen LogP contribution in [0.5, 0.6) is 0 Å². The second kappa shape index (κ2) is 6.94. The van der Waals surface area contributed by atoms with Crippen molar-refractivity contribution in [3.63, 3.8) is 0 Å². The number of aliphatic hydroxyl groups is 1. The zero-order valence-corrected chi connectivity index (χ0v) is 13.0. The smallest absolute Gasteiger partial charge is 0.224 e. The van der Waals surface area contributed by atoms with Crippen LogP contribution in [0, 0.1) is 0 Å². The number of rotatable bonds is 7. The Labute approximate surface area is 134 Å². The second-order valence-corrected chi connectivity index (χ2v) is 5.79. The lowest BCUT2D eigenvalue weighted by molar-refractivity contribution is 0.292. The van der Waals surface area contributed by atoms with Crippen molar-refractivity contribution < 1.29 is 5.11 Å². The molecule has 1 aromatic heterocycles. The van der Waals surface area contributed by atoms with Gasteiger partial charge in [0.25, 0.3) is 0 Å². The highest BCUT2D eigenvalue weighted by atomic mass is 35.5. The molecule has 0 aliphatic heterocycles. The fraction of sp³-hybridized carbons (Fsp3) is 0.375. The van der Waals surface area contributed by atoms with Gasteiger partial charge in [-0.3, -0.25) is 0 Å². The monoisotopic (exact) mass is 318 g/mol. The summed E-state index contributed by atoms with van der Waals surface area (Å²) in [6.07, 6.45) is 3.03. The first kappa shape index (κ1) is 15.1. The number of benzene rings is 1. The molecule has 0 spiro atoms. The molecule has 3 rings (SSSR count). The quantitative estimate of drug-likeness (QED) is 0.681. The lowest BCUT2D eigenvalue weighted by atomic mass is 10.2. The Hall–Kier alpha value is -1.85. The molecule has 5 nitrogen and oxygen atoms in total. The van der Waals surface area contributed by atoms with Crippen LogP contribution in [-0.4, -0.2) is 28.2 Å². The Morgan fingerprint density at radius 3 is 2.77 bits per heavy atom. The molecule has 22 heavy (non-hydrogen) atoms. The average molecular weight is 319 g/mol. The number of para-hydroxylation sites is 1. The largest absolute Gasteiger partial charge is 0.396 e. The van der Waals surface area contributed by atoms with Crippen LogP contribution >= 0.6 is 11.6 Å². The Bertz CT molecular complexity index is 646. The molecule has 1 aromatic carbocycles. The summed E-state index contributed by atoms with van der Waals surface area (Å²) in [5.41, 5.74) is 1.88. The molecule has 6 heteroatoms. The fourth-order valence-electron chi connectivity index (χ4n) is 2.18. The van der Waals surface area contributed by atoms with Gasteiger partial charge >= 0.3 is 0 Å². The molecule has 0 bridgehead atoms. The van der Waals surface area contributed by atoms with Crippen LogP contribution in [0.4, 0.5) is 17.5 Å². The van der Waals surface area contributed by atoms with Crippen LogP contribution in [0.1, 0.15) is 30.9 Å². The van der Waals surface area contributed by atoms with Crippen molar-refractivity contribution in [2.45, 2.75) is 25.2 Å². The minimum atomic E-state index is 0.153. The van der Waals surface area contributed by atoms with Crippen LogP contribution in [0.15, 0.2) is 30.3 Å². The summed E-state index contributed by atoms with van der Waals surface area (Å²) in [5.74, 6) is 1.86. The van der Waals surface area contributed by atoms with E-state index < -0.39 is 0 Å². The third kappa shape index (κ3) is 3.87. The number of aromatic nitrogens is 2. The normalized spacial score (nSPS) is 13.9. The van der Waals surface area contributed by atoms with Crippen molar-refractivity contribution in [2.24, 2.45) is 0 Å². The molecular formula is C16H19ClN4O. The molecule has 1 aliphatic rings. The van der Waals surface area contributed by atoms with Crippen LogP contribution in [-0.2, 0) is 0 Å². The molecule has 116 valence electrons. The summed E-state index contributed by atoms with van der Waals surface area (Å²) in [4.78, 5) is 9.03. The minimum Gasteiger partial charge on any atom is -0.396 e. The number of hydrogen-bond donors (Lipinski definition) is 3. The van der Waals surface area contributed by atoms with Crippen molar-refractivity contribution in [2.75, 3.05) is 23.8 Å². The molecule has 0 atom stereocenters. The Kier molecular flexibility index (Phi) is 4.75. The summed E-state index contributed by atoms with van der Waals surface area (Å²) in [5, 5.41) is 15.9. The van der Waals surface area contributed by atoms with E-state index in [4.69, 9.17) is 16.7 Å².